The van der Waals surface area contributed by atoms with Gasteiger partial charge < -0.3 is 14.6 Å². The first-order chi connectivity index (χ1) is 14.4. The number of nitrogens with zero attached hydrogens (tertiary/aromatic N) is 2. The molecule has 30 heavy (non-hydrogen) atoms. The van der Waals surface area contributed by atoms with E-state index in [9.17, 15) is 18.8 Å². The number of alkyl halides is 2. The monoisotopic (exact) mass is 416 g/mol. The molecule has 2 aromatic rings. The Labute approximate surface area is 173 Å². The summed E-state index contributed by atoms with van der Waals surface area (Å²) in [7, 11) is 0. The Kier molecular flexibility index (Phi) is 6.85. The highest BCUT2D eigenvalue weighted by Crippen LogP contribution is 2.40. The highest BCUT2D eigenvalue weighted by atomic mass is 19.3. The van der Waals surface area contributed by atoms with Crippen LogP contribution in [0.4, 0.5) is 8.78 Å². The number of carboxylic acid groups (broad SMARTS) is 1. The van der Waals surface area contributed by atoms with Crippen LogP contribution in [0.25, 0.3) is 0 Å². The first-order valence-electron chi connectivity index (χ1n) is 9.53. The Morgan fingerprint density at radius 3 is 2.47 bits per heavy atom. The zero-order valence-electron chi connectivity index (χ0n) is 16.3. The van der Waals surface area contributed by atoms with Crippen molar-refractivity contribution in [2.24, 2.45) is 0 Å². The Bertz CT molecular complexity index is 907. The maximum Gasteiger partial charge on any atom is 0.387 e. The molecule has 1 fully saturated rings. The molecule has 3 rings (SSSR count). The number of ether oxygens (including phenoxy) is 2. The zero-order chi connectivity index (χ0) is 21.6. The van der Waals surface area contributed by atoms with Gasteiger partial charge in [-0.3, -0.25) is 9.69 Å². The summed E-state index contributed by atoms with van der Waals surface area (Å²) in [6.45, 7) is -2.01. The van der Waals surface area contributed by atoms with Crippen LogP contribution in [0.1, 0.15) is 24.0 Å². The van der Waals surface area contributed by atoms with Crippen molar-refractivity contribution in [2.45, 2.75) is 31.5 Å². The average molecular weight is 416 g/mol. The van der Waals surface area contributed by atoms with E-state index in [1.165, 1.54) is 6.07 Å². The molecule has 1 saturated heterocycles. The van der Waals surface area contributed by atoms with Crippen LogP contribution in [0.5, 0.6) is 11.5 Å². The molecule has 1 aliphatic rings. The summed E-state index contributed by atoms with van der Waals surface area (Å²) in [6, 6.07) is 16.2. The lowest BCUT2D eigenvalue weighted by molar-refractivity contribution is -0.138. The van der Waals surface area contributed by atoms with Gasteiger partial charge in [-0.25, -0.2) is 0 Å². The number of likely N-dealkylation sites (tertiary alicyclic amines) is 1. The Morgan fingerprint density at radius 1 is 1.17 bits per heavy atom. The fraction of sp³-hybridized carbons (Fsp3) is 0.364. The molecule has 6 nitrogen and oxygen atoms in total. The van der Waals surface area contributed by atoms with Crippen molar-refractivity contribution in [3.63, 3.8) is 0 Å². The molecule has 1 heterocycles. The number of carboxylic acids is 1. The molecule has 0 unspecified atom stereocenters. The lowest BCUT2D eigenvalue weighted by Gasteiger charge is -2.37. The topological polar surface area (TPSA) is 82.8 Å². The number of benzene rings is 2. The van der Waals surface area contributed by atoms with Crippen molar-refractivity contribution in [2.75, 3.05) is 19.6 Å². The summed E-state index contributed by atoms with van der Waals surface area (Å²) in [4.78, 5) is 12.7. The molecule has 0 radical (unpaired) electrons. The number of nitriles is 1. The van der Waals surface area contributed by atoms with Crippen LogP contribution in [-0.4, -0.2) is 42.2 Å². The van der Waals surface area contributed by atoms with Crippen molar-refractivity contribution in [1.29, 1.82) is 5.26 Å². The third kappa shape index (κ3) is 5.24. The van der Waals surface area contributed by atoms with Crippen molar-refractivity contribution in [1.82, 2.24) is 4.90 Å². The second-order valence-electron chi connectivity index (χ2n) is 7.18. The zero-order valence-corrected chi connectivity index (χ0v) is 16.3. The Hall–Kier alpha value is -3.18. The average Bonchev–Trinajstić information content (AvgIpc) is 2.74. The van der Waals surface area contributed by atoms with E-state index in [1.807, 2.05) is 30.3 Å². The molecule has 0 spiro atoms. The van der Waals surface area contributed by atoms with Gasteiger partial charge in [-0.05, 0) is 36.1 Å². The summed E-state index contributed by atoms with van der Waals surface area (Å²) < 4.78 is 36.0. The predicted molar refractivity (Wildman–Crippen MR) is 104 cm³/mol. The summed E-state index contributed by atoms with van der Waals surface area (Å²) >= 11 is 0. The maximum absolute atomic E-state index is 12.8. The fourth-order valence-corrected chi connectivity index (χ4v) is 3.60. The maximum atomic E-state index is 12.8. The van der Waals surface area contributed by atoms with Gasteiger partial charge in [0.1, 0.15) is 6.61 Å². The van der Waals surface area contributed by atoms with Gasteiger partial charge in [0.05, 0.1) is 18.0 Å². The van der Waals surface area contributed by atoms with Crippen molar-refractivity contribution in [3.8, 4) is 17.6 Å². The van der Waals surface area contributed by atoms with Gasteiger partial charge in [0.25, 0.3) is 0 Å². The second-order valence-corrected chi connectivity index (χ2v) is 7.18. The summed E-state index contributed by atoms with van der Waals surface area (Å²) in [5.41, 5.74) is 0.663. The normalized spacial score (nSPS) is 16.1. The molecule has 0 bridgehead atoms. The van der Waals surface area contributed by atoms with E-state index in [0.29, 0.717) is 31.5 Å². The highest BCUT2D eigenvalue weighted by molar-refractivity contribution is 5.69. The molecule has 0 aromatic heterocycles. The molecule has 1 N–H and O–H groups in total. The summed E-state index contributed by atoms with van der Waals surface area (Å²) in [5, 5.41) is 18.9. The lowest BCUT2D eigenvalue weighted by atomic mass is 9.74. The number of hydrogen-bond acceptors (Lipinski definition) is 5. The molecular weight excluding hydrogens is 394 g/mol. The second kappa shape index (κ2) is 9.55. The van der Waals surface area contributed by atoms with Crippen LogP contribution < -0.4 is 9.47 Å². The molecule has 0 amide bonds. The van der Waals surface area contributed by atoms with Crippen LogP contribution in [0.2, 0.25) is 0 Å². The fourth-order valence-electron chi connectivity index (χ4n) is 3.60. The van der Waals surface area contributed by atoms with Crippen LogP contribution in [0.15, 0.2) is 48.5 Å². The van der Waals surface area contributed by atoms with E-state index in [-0.39, 0.29) is 24.7 Å². The molecule has 158 valence electrons. The SMILES string of the molecule is N#CC1(c2ccc(OC(F)F)c(OCc3ccccc3)c2)CCN(CC(=O)O)CC1. The van der Waals surface area contributed by atoms with E-state index in [0.717, 1.165) is 5.56 Å². The molecule has 0 atom stereocenters. The predicted octanol–water partition coefficient (Wildman–Crippen LogP) is 3.81. The van der Waals surface area contributed by atoms with Crippen LogP contribution in [0, 0.1) is 11.3 Å². The molecule has 8 heteroatoms. The smallest absolute Gasteiger partial charge is 0.387 e. The van der Waals surface area contributed by atoms with E-state index in [1.54, 1.807) is 17.0 Å². The van der Waals surface area contributed by atoms with Crippen LogP contribution >= 0.6 is 0 Å². The number of hydrogen-bond donors (Lipinski definition) is 1. The standard InChI is InChI=1S/C22H22F2N2O4/c23-21(24)30-18-7-6-17(12-19(18)29-14-16-4-2-1-3-5-16)22(15-25)8-10-26(11-9-22)13-20(27)28/h1-7,12,21H,8-11,13-14H2,(H,27,28). The van der Waals surface area contributed by atoms with E-state index in [2.05, 4.69) is 10.8 Å². The molecule has 0 aliphatic carbocycles. The Balaban J connectivity index is 1.83. The number of piperidine rings is 1. The quantitative estimate of drug-likeness (QED) is 0.705. The first kappa shape index (κ1) is 21.5. The summed E-state index contributed by atoms with van der Waals surface area (Å²) in [5.74, 6) is -0.870. The van der Waals surface area contributed by atoms with E-state index >= 15 is 0 Å². The highest BCUT2D eigenvalue weighted by Gasteiger charge is 2.37. The van der Waals surface area contributed by atoms with Crippen molar-refractivity contribution >= 4 is 5.97 Å². The van der Waals surface area contributed by atoms with Gasteiger partial charge in [0.2, 0.25) is 0 Å². The molecule has 1 aliphatic heterocycles. The van der Waals surface area contributed by atoms with E-state index < -0.39 is 18.0 Å². The minimum atomic E-state index is -3.00. The molecular formula is C22H22F2N2O4. The first-order valence-corrected chi connectivity index (χ1v) is 9.53. The number of rotatable bonds is 8. The summed E-state index contributed by atoms with van der Waals surface area (Å²) in [6.07, 6.45) is 0.869. The van der Waals surface area contributed by atoms with Crippen molar-refractivity contribution in [3.05, 3.63) is 59.7 Å². The van der Waals surface area contributed by atoms with Gasteiger partial charge in [0.15, 0.2) is 11.5 Å². The third-order valence-electron chi connectivity index (χ3n) is 5.23. The largest absolute Gasteiger partial charge is 0.485 e. The van der Waals surface area contributed by atoms with Gasteiger partial charge in [-0.1, -0.05) is 36.4 Å². The van der Waals surface area contributed by atoms with Gasteiger partial charge in [-0.2, -0.15) is 14.0 Å². The van der Waals surface area contributed by atoms with Crippen LogP contribution in [0.3, 0.4) is 0 Å². The minimum absolute atomic E-state index is 0.0753. The van der Waals surface area contributed by atoms with Crippen molar-refractivity contribution < 1.29 is 28.2 Å². The van der Waals surface area contributed by atoms with Crippen LogP contribution in [-0.2, 0) is 16.8 Å². The Morgan fingerprint density at radius 2 is 1.87 bits per heavy atom. The minimum Gasteiger partial charge on any atom is -0.485 e. The number of halogens is 2. The molecule has 2 aromatic carbocycles. The number of aliphatic carboxylic acids is 1. The van der Waals surface area contributed by atoms with E-state index in [4.69, 9.17) is 9.84 Å². The third-order valence-corrected chi connectivity index (χ3v) is 5.23. The van der Waals surface area contributed by atoms with Gasteiger partial charge >= 0.3 is 12.6 Å². The number of carbonyl (C=O) groups is 1. The lowest BCUT2D eigenvalue weighted by Crippen LogP contribution is -2.43. The van der Waals surface area contributed by atoms with Gasteiger partial charge in [0, 0.05) is 13.1 Å². The van der Waals surface area contributed by atoms with Gasteiger partial charge in [-0.15, -0.1) is 0 Å². The molecule has 0 saturated carbocycles.